The lowest BCUT2D eigenvalue weighted by Gasteiger charge is -2.05. The van der Waals surface area contributed by atoms with Crippen molar-refractivity contribution in [1.29, 1.82) is 0 Å². The number of imide groups is 1. The van der Waals surface area contributed by atoms with Gasteiger partial charge in [-0.25, -0.2) is 4.79 Å². The van der Waals surface area contributed by atoms with Gasteiger partial charge in [-0.15, -0.1) is 11.8 Å². The van der Waals surface area contributed by atoms with Crippen molar-refractivity contribution >= 4 is 23.7 Å². The number of hydrogen-bond acceptors (Lipinski definition) is 4. The summed E-state index contributed by atoms with van der Waals surface area (Å²) in [6, 6.07) is 6.81. The van der Waals surface area contributed by atoms with E-state index in [1.807, 2.05) is 19.1 Å². The normalized spacial score (nSPS) is 10.0. The summed E-state index contributed by atoms with van der Waals surface area (Å²) in [7, 11) is 0. The lowest BCUT2D eigenvalue weighted by atomic mass is 10.2. The molecule has 0 spiro atoms. The molecule has 0 aromatic heterocycles. The van der Waals surface area contributed by atoms with Gasteiger partial charge in [-0.3, -0.25) is 10.1 Å². The number of aliphatic hydroxyl groups is 1. The molecule has 0 aliphatic carbocycles. The number of carbonyl (C=O) groups excluding carboxylic acids is 2. The molecular formula is C13H18N2O3S. The van der Waals surface area contributed by atoms with Gasteiger partial charge in [0, 0.05) is 11.4 Å². The van der Waals surface area contributed by atoms with Gasteiger partial charge in [0.05, 0.1) is 12.4 Å². The molecular weight excluding hydrogens is 264 g/mol. The maximum Gasteiger partial charge on any atom is 0.321 e. The number of thioether (sulfide) groups is 1. The van der Waals surface area contributed by atoms with Crippen LogP contribution in [0.3, 0.4) is 0 Å². The number of carbonyl (C=O) groups is 2. The molecule has 3 N–H and O–H groups in total. The number of urea groups is 1. The number of benzene rings is 1. The van der Waals surface area contributed by atoms with E-state index >= 15 is 0 Å². The summed E-state index contributed by atoms with van der Waals surface area (Å²) in [5.74, 6) is -0.150. The Morgan fingerprint density at radius 1 is 1.26 bits per heavy atom. The Morgan fingerprint density at radius 2 is 1.95 bits per heavy atom. The summed E-state index contributed by atoms with van der Waals surface area (Å²) in [5, 5.41) is 13.7. The van der Waals surface area contributed by atoms with Crippen molar-refractivity contribution in [3.8, 4) is 0 Å². The predicted octanol–water partition coefficient (Wildman–Crippen LogP) is 1.51. The molecule has 0 aliphatic rings. The Labute approximate surface area is 116 Å². The molecule has 1 aromatic rings. The molecule has 0 saturated heterocycles. The van der Waals surface area contributed by atoms with E-state index in [2.05, 4.69) is 10.6 Å². The van der Waals surface area contributed by atoms with Gasteiger partial charge in [-0.1, -0.05) is 19.1 Å². The van der Waals surface area contributed by atoms with Crippen molar-refractivity contribution < 1.29 is 14.7 Å². The van der Waals surface area contributed by atoms with E-state index in [1.165, 1.54) is 11.8 Å². The topological polar surface area (TPSA) is 78.4 Å². The van der Waals surface area contributed by atoms with Gasteiger partial charge in [0.2, 0.25) is 5.91 Å². The minimum Gasteiger partial charge on any atom is -0.392 e. The van der Waals surface area contributed by atoms with E-state index in [4.69, 9.17) is 5.11 Å². The molecule has 0 atom stereocenters. The molecule has 19 heavy (non-hydrogen) atoms. The highest BCUT2D eigenvalue weighted by molar-refractivity contribution is 8.00. The summed E-state index contributed by atoms with van der Waals surface area (Å²) in [6.07, 6.45) is 0.827. The Hall–Kier alpha value is -1.53. The van der Waals surface area contributed by atoms with Crippen LogP contribution in [-0.4, -0.2) is 29.3 Å². The fraction of sp³-hybridized carbons (Fsp3) is 0.385. The Kier molecular flexibility index (Phi) is 6.99. The second kappa shape index (κ2) is 8.55. The summed E-state index contributed by atoms with van der Waals surface area (Å²) < 4.78 is 0. The molecule has 0 heterocycles. The quantitative estimate of drug-likeness (QED) is 0.691. The summed E-state index contributed by atoms with van der Waals surface area (Å²) in [6.45, 7) is 2.49. The van der Waals surface area contributed by atoms with Crippen LogP contribution in [0, 0.1) is 0 Å². The van der Waals surface area contributed by atoms with Gasteiger partial charge >= 0.3 is 6.03 Å². The first-order chi connectivity index (χ1) is 9.15. The van der Waals surface area contributed by atoms with Crippen LogP contribution < -0.4 is 10.6 Å². The van der Waals surface area contributed by atoms with Gasteiger partial charge in [-0.2, -0.15) is 0 Å². The molecule has 0 unspecified atom stereocenters. The van der Waals surface area contributed by atoms with Gasteiger partial charge in [0.1, 0.15) is 0 Å². The number of hydrogen-bond donors (Lipinski definition) is 3. The zero-order chi connectivity index (χ0) is 14.1. The number of aliphatic hydroxyl groups excluding tert-OH is 1. The maximum absolute atomic E-state index is 11.5. The van der Waals surface area contributed by atoms with Crippen molar-refractivity contribution in [2.75, 3.05) is 12.3 Å². The first-order valence-corrected chi connectivity index (χ1v) is 7.04. The van der Waals surface area contributed by atoms with Crippen LogP contribution in [0.5, 0.6) is 0 Å². The van der Waals surface area contributed by atoms with Crippen LogP contribution in [0.4, 0.5) is 4.79 Å². The third kappa shape index (κ3) is 6.26. The van der Waals surface area contributed by atoms with Gasteiger partial charge in [-0.05, 0) is 24.1 Å². The average Bonchev–Trinajstić information content (AvgIpc) is 2.43. The van der Waals surface area contributed by atoms with Crippen molar-refractivity contribution in [2.24, 2.45) is 0 Å². The zero-order valence-corrected chi connectivity index (χ0v) is 11.6. The lowest BCUT2D eigenvalue weighted by Crippen LogP contribution is -2.40. The minimum atomic E-state index is -0.455. The van der Waals surface area contributed by atoms with E-state index in [-0.39, 0.29) is 18.3 Å². The molecule has 0 fully saturated rings. The van der Waals surface area contributed by atoms with E-state index in [0.717, 1.165) is 16.9 Å². The fourth-order valence-electron chi connectivity index (χ4n) is 1.29. The number of amides is 3. The average molecular weight is 282 g/mol. The van der Waals surface area contributed by atoms with E-state index in [0.29, 0.717) is 6.54 Å². The Morgan fingerprint density at radius 3 is 2.53 bits per heavy atom. The molecule has 3 amide bonds. The van der Waals surface area contributed by atoms with E-state index in [9.17, 15) is 9.59 Å². The highest BCUT2D eigenvalue weighted by Crippen LogP contribution is 2.17. The van der Waals surface area contributed by atoms with Crippen molar-refractivity contribution in [1.82, 2.24) is 10.6 Å². The Balaban J connectivity index is 2.31. The molecule has 6 heteroatoms. The molecule has 5 nitrogen and oxygen atoms in total. The standard InChI is InChI=1S/C13H18N2O3S/c1-2-7-14-13(18)15-12(17)9-19-11-5-3-10(8-16)4-6-11/h3-6,16H,2,7-9H2,1H3,(H2,14,15,17,18). The lowest BCUT2D eigenvalue weighted by molar-refractivity contribution is -0.117. The highest BCUT2D eigenvalue weighted by atomic mass is 32.2. The first-order valence-electron chi connectivity index (χ1n) is 6.06. The molecule has 1 rings (SSSR count). The largest absolute Gasteiger partial charge is 0.392 e. The molecule has 0 radical (unpaired) electrons. The Bertz CT molecular complexity index is 420. The highest BCUT2D eigenvalue weighted by Gasteiger charge is 2.07. The first kappa shape index (κ1) is 15.5. The van der Waals surface area contributed by atoms with E-state index in [1.54, 1.807) is 12.1 Å². The molecule has 104 valence electrons. The summed E-state index contributed by atoms with van der Waals surface area (Å²) >= 11 is 1.34. The maximum atomic E-state index is 11.5. The second-order valence-corrected chi connectivity index (χ2v) is 4.94. The van der Waals surface area contributed by atoms with Crippen LogP contribution >= 0.6 is 11.8 Å². The van der Waals surface area contributed by atoms with Crippen LogP contribution in [-0.2, 0) is 11.4 Å². The minimum absolute atomic E-state index is 0.00301. The van der Waals surface area contributed by atoms with Crippen LogP contribution in [0.15, 0.2) is 29.2 Å². The van der Waals surface area contributed by atoms with Gasteiger partial charge in [0.15, 0.2) is 0 Å². The monoisotopic (exact) mass is 282 g/mol. The summed E-state index contributed by atoms with van der Waals surface area (Å²) in [4.78, 5) is 23.6. The van der Waals surface area contributed by atoms with Gasteiger partial charge < -0.3 is 10.4 Å². The number of rotatable bonds is 6. The second-order valence-electron chi connectivity index (χ2n) is 3.89. The molecule has 0 bridgehead atoms. The van der Waals surface area contributed by atoms with E-state index < -0.39 is 6.03 Å². The smallest absolute Gasteiger partial charge is 0.321 e. The molecule has 1 aromatic carbocycles. The zero-order valence-electron chi connectivity index (χ0n) is 10.8. The third-order valence-electron chi connectivity index (χ3n) is 2.26. The fourth-order valence-corrected chi connectivity index (χ4v) is 1.98. The SMILES string of the molecule is CCCNC(=O)NC(=O)CSc1ccc(CO)cc1. The number of nitrogens with one attached hydrogen (secondary N) is 2. The van der Waals surface area contributed by atoms with Crippen molar-refractivity contribution in [3.63, 3.8) is 0 Å². The molecule has 0 saturated carbocycles. The van der Waals surface area contributed by atoms with Crippen LogP contribution in [0.2, 0.25) is 0 Å². The van der Waals surface area contributed by atoms with Crippen molar-refractivity contribution in [2.45, 2.75) is 24.8 Å². The van der Waals surface area contributed by atoms with Crippen molar-refractivity contribution in [3.05, 3.63) is 29.8 Å². The van der Waals surface area contributed by atoms with Gasteiger partial charge in [0.25, 0.3) is 0 Å². The summed E-state index contributed by atoms with van der Waals surface area (Å²) in [5.41, 5.74) is 0.827. The van der Waals surface area contributed by atoms with Crippen LogP contribution in [0.25, 0.3) is 0 Å². The molecule has 0 aliphatic heterocycles. The van der Waals surface area contributed by atoms with Crippen LogP contribution in [0.1, 0.15) is 18.9 Å². The predicted molar refractivity (Wildman–Crippen MR) is 74.9 cm³/mol. The third-order valence-corrected chi connectivity index (χ3v) is 3.28.